The Morgan fingerprint density at radius 3 is 0.750 bits per heavy atom. The number of rotatable bonds is 0. The Bertz CT molecular complexity index is 54.1. The zero-order valence-corrected chi connectivity index (χ0v) is 13.5. The molecule has 4 heteroatoms. The van der Waals surface area contributed by atoms with Crippen LogP contribution in [0.4, 0.5) is 0 Å². The normalized spacial score (nSPS) is 7.88. The van der Waals surface area contributed by atoms with Crippen molar-refractivity contribution in [1.82, 2.24) is 0 Å². The molecular formula is C12H31O3Ti-. The first-order valence-electron chi connectivity index (χ1n) is 5.45. The van der Waals surface area contributed by atoms with E-state index in [-0.39, 0.29) is 40.0 Å². The van der Waals surface area contributed by atoms with Gasteiger partial charge in [-0.05, 0) is 41.5 Å². The smallest absolute Gasteiger partial charge is 0.0483 e. The van der Waals surface area contributed by atoms with E-state index < -0.39 is 0 Å². The van der Waals surface area contributed by atoms with Crippen molar-refractivity contribution in [3.8, 4) is 0 Å². The van der Waals surface area contributed by atoms with Crippen molar-refractivity contribution < 1.29 is 37.0 Å². The molecule has 0 aromatic heterocycles. The van der Waals surface area contributed by atoms with Crippen molar-refractivity contribution in [2.24, 2.45) is 0 Å². The predicted octanol–water partition coefficient (Wildman–Crippen LogP) is 2.39. The molecule has 0 spiro atoms. The number of aliphatic hydroxyl groups excluding tert-OH is 3. The van der Waals surface area contributed by atoms with E-state index in [1.54, 1.807) is 41.5 Å². The summed E-state index contributed by atoms with van der Waals surface area (Å²) in [5.41, 5.74) is 0. The first-order valence-corrected chi connectivity index (χ1v) is 5.45. The second-order valence-electron chi connectivity index (χ2n) is 3.78. The minimum Gasteiger partial charge on any atom is -0.394 e. The average molecular weight is 271 g/mol. The van der Waals surface area contributed by atoms with Gasteiger partial charge in [0.25, 0.3) is 0 Å². The molecule has 16 heavy (non-hydrogen) atoms. The SMILES string of the molecule is CC(C)O.CC(C)O.CC(C)O.[CH2-]CC.[Ti]. The van der Waals surface area contributed by atoms with Gasteiger partial charge < -0.3 is 22.2 Å². The van der Waals surface area contributed by atoms with Crippen LogP contribution in [0.5, 0.6) is 0 Å². The molecular weight excluding hydrogens is 240 g/mol. The third kappa shape index (κ3) is 7640. The summed E-state index contributed by atoms with van der Waals surface area (Å²) in [4.78, 5) is 0. The molecule has 0 fully saturated rings. The molecule has 0 radical (unpaired) electrons. The average Bonchev–Trinajstić information content (AvgIpc) is 1.81. The Balaban J connectivity index is -0.0000000331. The van der Waals surface area contributed by atoms with Crippen molar-refractivity contribution in [1.29, 1.82) is 0 Å². The van der Waals surface area contributed by atoms with E-state index in [9.17, 15) is 0 Å². The molecule has 0 rings (SSSR count). The van der Waals surface area contributed by atoms with Gasteiger partial charge in [0.05, 0.1) is 0 Å². The van der Waals surface area contributed by atoms with Crippen LogP contribution < -0.4 is 0 Å². The zero-order chi connectivity index (χ0) is 13.4. The summed E-state index contributed by atoms with van der Waals surface area (Å²) >= 11 is 0. The minimum absolute atomic E-state index is 0. The Hall–Kier alpha value is 0.594. The Kier molecular flexibility index (Phi) is 55.5. The van der Waals surface area contributed by atoms with E-state index in [0.29, 0.717) is 0 Å². The first kappa shape index (κ1) is 30.0. The maximum Gasteiger partial charge on any atom is 0.0483 e. The molecule has 0 aliphatic rings. The maximum atomic E-state index is 8.06. The van der Waals surface area contributed by atoms with Crippen molar-refractivity contribution in [2.45, 2.75) is 73.2 Å². The van der Waals surface area contributed by atoms with Crippen LogP contribution >= 0.6 is 0 Å². The maximum absolute atomic E-state index is 8.06. The third-order valence-electron chi connectivity index (χ3n) is 0. The second-order valence-corrected chi connectivity index (χ2v) is 3.78. The number of hydrogen-bond acceptors (Lipinski definition) is 3. The van der Waals surface area contributed by atoms with Gasteiger partial charge in [0.1, 0.15) is 0 Å². The molecule has 0 saturated heterocycles. The van der Waals surface area contributed by atoms with Crippen LogP contribution in [0.1, 0.15) is 54.9 Å². The van der Waals surface area contributed by atoms with Gasteiger partial charge in [0.2, 0.25) is 0 Å². The van der Waals surface area contributed by atoms with Crippen LogP contribution in [0.2, 0.25) is 0 Å². The van der Waals surface area contributed by atoms with Gasteiger partial charge in [-0.15, -0.1) is 0 Å². The van der Waals surface area contributed by atoms with E-state index in [4.69, 9.17) is 15.3 Å². The molecule has 0 heterocycles. The summed E-state index contributed by atoms with van der Waals surface area (Å²) in [6.07, 6.45) is 0.500. The standard InChI is InChI=1S/3C3H8O.C3H7.Ti/c3*1-3(2)4;1-3-2;/h3*3-4H,1-2H3;1,3H2,2H3;/q;;;-1;. The monoisotopic (exact) mass is 271 g/mol. The molecule has 3 N–H and O–H groups in total. The van der Waals surface area contributed by atoms with Crippen LogP contribution in [-0.4, -0.2) is 33.6 Å². The molecule has 0 unspecified atom stereocenters. The van der Waals surface area contributed by atoms with Gasteiger partial charge in [-0.25, -0.2) is 0 Å². The van der Waals surface area contributed by atoms with Crippen molar-refractivity contribution in [3.63, 3.8) is 0 Å². The Morgan fingerprint density at radius 2 is 0.750 bits per heavy atom. The van der Waals surface area contributed by atoms with Crippen LogP contribution in [0, 0.1) is 6.92 Å². The molecule has 0 aromatic rings. The van der Waals surface area contributed by atoms with E-state index >= 15 is 0 Å². The van der Waals surface area contributed by atoms with Gasteiger partial charge in [-0.3, -0.25) is 0 Å². The Morgan fingerprint density at radius 1 is 0.750 bits per heavy atom. The molecule has 0 aromatic carbocycles. The second kappa shape index (κ2) is 29.6. The predicted molar refractivity (Wildman–Crippen MR) is 67.7 cm³/mol. The van der Waals surface area contributed by atoms with Crippen LogP contribution in [0.15, 0.2) is 0 Å². The van der Waals surface area contributed by atoms with E-state index in [1.807, 2.05) is 6.92 Å². The topological polar surface area (TPSA) is 60.7 Å². The summed E-state index contributed by atoms with van der Waals surface area (Å²) in [5.74, 6) is 0. The fourth-order valence-electron chi connectivity index (χ4n) is 0. The molecule has 0 amide bonds. The van der Waals surface area contributed by atoms with Crippen molar-refractivity contribution in [3.05, 3.63) is 6.92 Å². The van der Waals surface area contributed by atoms with Crippen molar-refractivity contribution in [2.75, 3.05) is 0 Å². The molecule has 0 saturated carbocycles. The summed E-state index contributed by atoms with van der Waals surface area (Å²) in [6, 6.07) is 0. The molecule has 0 atom stereocenters. The largest absolute Gasteiger partial charge is 0.394 e. The number of hydrogen-bond donors (Lipinski definition) is 3. The summed E-state index contributed by atoms with van der Waals surface area (Å²) < 4.78 is 0. The van der Waals surface area contributed by atoms with E-state index in [2.05, 4.69) is 6.92 Å². The molecule has 0 bridgehead atoms. The van der Waals surface area contributed by atoms with Crippen LogP contribution in [-0.2, 0) is 21.7 Å². The fourth-order valence-corrected chi connectivity index (χ4v) is 0. The van der Waals surface area contributed by atoms with Crippen LogP contribution in [0.3, 0.4) is 0 Å². The minimum atomic E-state index is -0.167. The fraction of sp³-hybridized carbons (Fsp3) is 0.917. The molecule has 3 nitrogen and oxygen atoms in total. The quantitative estimate of drug-likeness (QED) is 0.468. The van der Waals surface area contributed by atoms with Gasteiger partial charge in [0.15, 0.2) is 0 Å². The van der Waals surface area contributed by atoms with Gasteiger partial charge in [0, 0.05) is 40.0 Å². The van der Waals surface area contributed by atoms with Gasteiger partial charge in [-0.1, -0.05) is 6.92 Å². The Labute approximate surface area is 117 Å². The summed E-state index contributed by atoms with van der Waals surface area (Å²) in [6.45, 7) is 15.8. The summed E-state index contributed by atoms with van der Waals surface area (Å²) in [7, 11) is 0. The van der Waals surface area contributed by atoms with E-state index in [0.717, 1.165) is 6.42 Å². The first-order chi connectivity index (χ1) is 6.61. The molecule has 102 valence electrons. The molecule has 0 aliphatic heterocycles. The third-order valence-corrected chi connectivity index (χ3v) is 0. The van der Waals surface area contributed by atoms with Crippen LogP contribution in [0.25, 0.3) is 0 Å². The van der Waals surface area contributed by atoms with E-state index in [1.165, 1.54) is 0 Å². The summed E-state index contributed by atoms with van der Waals surface area (Å²) in [5, 5.41) is 24.2. The zero-order valence-electron chi connectivity index (χ0n) is 12.0. The van der Waals surface area contributed by atoms with Crippen molar-refractivity contribution >= 4 is 0 Å². The number of aliphatic hydroxyl groups is 3. The van der Waals surface area contributed by atoms with Gasteiger partial charge in [-0.2, -0.15) is 6.42 Å². The van der Waals surface area contributed by atoms with Gasteiger partial charge >= 0.3 is 0 Å². The molecule has 0 aliphatic carbocycles.